The van der Waals surface area contributed by atoms with E-state index < -0.39 is 0 Å². The van der Waals surface area contributed by atoms with Gasteiger partial charge in [-0.1, -0.05) is 6.07 Å². The second-order valence-electron chi connectivity index (χ2n) is 3.83. The minimum absolute atomic E-state index is 0.0823. The summed E-state index contributed by atoms with van der Waals surface area (Å²) in [7, 11) is 0. The maximum Gasteiger partial charge on any atom is 0.221 e. The van der Waals surface area contributed by atoms with Crippen LogP contribution in [-0.2, 0) is 4.79 Å². The zero-order chi connectivity index (χ0) is 12.0. The average Bonchev–Trinajstić information content (AvgIpc) is 2.16. The van der Waals surface area contributed by atoms with E-state index in [4.69, 9.17) is 5.11 Å². The number of aliphatic hydroxyl groups is 1. The summed E-state index contributed by atoms with van der Waals surface area (Å²) in [5, 5.41) is 15.0. The smallest absolute Gasteiger partial charge is 0.221 e. The molecular weight excluding hydrogens is 204 g/mol. The van der Waals surface area contributed by atoms with Gasteiger partial charge in [0.2, 0.25) is 5.91 Å². The molecule has 1 aromatic carbocycles. The lowest BCUT2D eigenvalue weighted by Crippen LogP contribution is -2.10. The number of anilines is 2. The van der Waals surface area contributed by atoms with Gasteiger partial charge in [0, 0.05) is 24.8 Å². The fraction of sp³-hybridized carbons (Fsp3) is 0.417. The standard InChI is InChI=1S/C12H18N2O2/c1-9(15)6-7-13-11-4-3-5-12(8-11)14-10(2)16/h3-5,8-9,13,15H,6-7H2,1-2H3,(H,14,16). The van der Waals surface area contributed by atoms with Crippen molar-refractivity contribution in [3.8, 4) is 0 Å². The van der Waals surface area contributed by atoms with Crippen molar-refractivity contribution in [3.63, 3.8) is 0 Å². The van der Waals surface area contributed by atoms with Crippen molar-refractivity contribution in [1.29, 1.82) is 0 Å². The van der Waals surface area contributed by atoms with Crippen LogP contribution in [-0.4, -0.2) is 23.7 Å². The first-order valence-electron chi connectivity index (χ1n) is 5.37. The first kappa shape index (κ1) is 12.5. The van der Waals surface area contributed by atoms with Crippen LogP contribution >= 0.6 is 0 Å². The van der Waals surface area contributed by atoms with Gasteiger partial charge in [-0.2, -0.15) is 0 Å². The molecule has 4 nitrogen and oxygen atoms in total. The van der Waals surface area contributed by atoms with E-state index in [1.807, 2.05) is 24.3 Å². The fourth-order valence-electron chi connectivity index (χ4n) is 1.34. The maximum absolute atomic E-state index is 10.9. The van der Waals surface area contributed by atoms with Crippen LogP contribution in [0.25, 0.3) is 0 Å². The molecule has 1 amide bonds. The van der Waals surface area contributed by atoms with Gasteiger partial charge >= 0.3 is 0 Å². The second kappa shape index (κ2) is 6.12. The van der Waals surface area contributed by atoms with Crippen molar-refractivity contribution >= 4 is 17.3 Å². The molecule has 0 aromatic heterocycles. The lowest BCUT2D eigenvalue weighted by Gasteiger charge is -2.09. The lowest BCUT2D eigenvalue weighted by atomic mass is 10.2. The van der Waals surface area contributed by atoms with Crippen LogP contribution in [0.2, 0.25) is 0 Å². The number of hydrogen-bond donors (Lipinski definition) is 3. The Bertz CT molecular complexity index is 351. The molecule has 0 heterocycles. The third-order valence-electron chi connectivity index (χ3n) is 2.07. The van der Waals surface area contributed by atoms with Crippen LogP contribution in [0.1, 0.15) is 20.3 Å². The Kier molecular flexibility index (Phi) is 4.79. The predicted octanol–water partition coefficient (Wildman–Crippen LogP) is 1.83. The zero-order valence-corrected chi connectivity index (χ0v) is 9.66. The molecule has 0 saturated heterocycles. The quantitative estimate of drug-likeness (QED) is 0.712. The van der Waals surface area contributed by atoms with Gasteiger partial charge in [0.15, 0.2) is 0 Å². The van der Waals surface area contributed by atoms with Gasteiger partial charge in [0.05, 0.1) is 6.10 Å². The molecule has 1 aromatic rings. The summed E-state index contributed by atoms with van der Waals surface area (Å²) in [5.41, 5.74) is 1.71. The molecule has 0 bridgehead atoms. The van der Waals surface area contributed by atoms with Crippen molar-refractivity contribution in [2.45, 2.75) is 26.4 Å². The van der Waals surface area contributed by atoms with Crippen molar-refractivity contribution < 1.29 is 9.90 Å². The van der Waals surface area contributed by atoms with Gasteiger partial charge in [0.1, 0.15) is 0 Å². The first-order chi connectivity index (χ1) is 7.58. The van der Waals surface area contributed by atoms with E-state index in [1.165, 1.54) is 6.92 Å². The van der Waals surface area contributed by atoms with E-state index in [9.17, 15) is 4.79 Å². The van der Waals surface area contributed by atoms with E-state index in [0.717, 1.165) is 11.4 Å². The first-order valence-corrected chi connectivity index (χ1v) is 5.37. The molecule has 4 heteroatoms. The predicted molar refractivity (Wildman–Crippen MR) is 65.5 cm³/mol. The normalized spacial score (nSPS) is 11.9. The van der Waals surface area contributed by atoms with Gasteiger partial charge in [-0.15, -0.1) is 0 Å². The highest BCUT2D eigenvalue weighted by molar-refractivity contribution is 5.89. The Morgan fingerprint density at radius 2 is 2.12 bits per heavy atom. The minimum Gasteiger partial charge on any atom is -0.393 e. The Morgan fingerprint density at radius 3 is 2.75 bits per heavy atom. The molecule has 0 aliphatic carbocycles. The number of aliphatic hydroxyl groups excluding tert-OH is 1. The SMILES string of the molecule is CC(=O)Nc1cccc(NCCC(C)O)c1. The van der Waals surface area contributed by atoms with Crippen LogP contribution in [0, 0.1) is 0 Å². The average molecular weight is 222 g/mol. The third-order valence-corrected chi connectivity index (χ3v) is 2.07. The topological polar surface area (TPSA) is 61.4 Å². The molecule has 88 valence electrons. The Balaban J connectivity index is 2.50. The Labute approximate surface area is 95.7 Å². The maximum atomic E-state index is 10.9. The van der Waals surface area contributed by atoms with Crippen LogP contribution < -0.4 is 10.6 Å². The molecule has 3 N–H and O–H groups in total. The summed E-state index contributed by atoms with van der Waals surface area (Å²) >= 11 is 0. The number of benzene rings is 1. The highest BCUT2D eigenvalue weighted by atomic mass is 16.3. The van der Waals surface area contributed by atoms with Gasteiger partial charge in [0.25, 0.3) is 0 Å². The monoisotopic (exact) mass is 222 g/mol. The van der Waals surface area contributed by atoms with Crippen LogP contribution in [0.5, 0.6) is 0 Å². The van der Waals surface area contributed by atoms with E-state index in [-0.39, 0.29) is 12.0 Å². The number of hydrogen-bond acceptors (Lipinski definition) is 3. The summed E-state index contributed by atoms with van der Waals surface area (Å²) < 4.78 is 0. The van der Waals surface area contributed by atoms with Crippen molar-refractivity contribution in [3.05, 3.63) is 24.3 Å². The number of nitrogens with one attached hydrogen (secondary N) is 2. The highest BCUT2D eigenvalue weighted by Gasteiger charge is 1.98. The van der Waals surface area contributed by atoms with Gasteiger partial charge in [-0.3, -0.25) is 4.79 Å². The molecule has 0 saturated carbocycles. The highest BCUT2D eigenvalue weighted by Crippen LogP contribution is 2.14. The molecule has 1 rings (SSSR count). The fourth-order valence-corrected chi connectivity index (χ4v) is 1.34. The largest absolute Gasteiger partial charge is 0.393 e. The molecular formula is C12H18N2O2. The van der Waals surface area contributed by atoms with Gasteiger partial charge in [-0.25, -0.2) is 0 Å². The third kappa shape index (κ3) is 4.79. The summed E-state index contributed by atoms with van der Waals surface area (Å²) in [6, 6.07) is 7.49. The summed E-state index contributed by atoms with van der Waals surface area (Å²) in [5.74, 6) is -0.0823. The molecule has 1 unspecified atom stereocenters. The number of carbonyl (C=O) groups is 1. The lowest BCUT2D eigenvalue weighted by molar-refractivity contribution is -0.114. The molecule has 0 radical (unpaired) electrons. The van der Waals surface area contributed by atoms with Gasteiger partial charge < -0.3 is 15.7 Å². The molecule has 0 aliphatic heterocycles. The van der Waals surface area contributed by atoms with Crippen molar-refractivity contribution in [1.82, 2.24) is 0 Å². The van der Waals surface area contributed by atoms with Gasteiger partial charge in [-0.05, 0) is 31.5 Å². The van der Waals surface area contributed by atoms with Crippen LogP contribution in [0.3, 0.4) is 0 Å². The Hall–Kier alpha value is -1.55. The number of carbonyl (C=O) groups excluding carboxylic acids is 1. The van der Waals surface area contributed by atoms with Crippen molar-refractivity contribution in [2.75, 3.05) is 17.2 Å². The second-order valence-corrected chi connectivity index (χ2v) is 3.83. The molecule has 1 atom stereocenters. The van der Waals surface area contributed by atoms with Crippen molar-refractivity contribution in [2.24, 2.45) is 0 Å². The summed E-state index contributed by atoms with van der Waals surface area (Å²) in [6.45, 7) is 3.95. The molecule has 0 spiro atoms. The van der Waals surface area contributed by atoms with E-state index >= 15 is 0 Å². The zero-order valence-electron chi connectivity index (χ0n) is 9.66. The van der Waals surface area contributed by atoms with E-state index in [2.05, 4.69) is 10.6 Å². The minimum atomic E-state index is -0.300. The van der Waals surface area contributed by atoms with E-state index in [1.54, 1.807) is 6.92 Å². The molecule has 16 heavy (non-hydrogen) atoms. The van der Waals surface area contributed by atoms with Crippen LogP contribution in [0.15, 0.2) is 24.3 Å². The Morgan fingerprint density at radius 1 is 1.44 bits per heavy atom. The number of rotatable bonds is 5. The van der Waals surface area contributed by atoms with E-state index in [0.29, 0.717) is 13.0 Å². The van der Waals surface area contributed by atoms with Crippen LogP contribution in [0.4, 0.5) is 11.4 Å². The molecule has 0 aliphatic rings. The summed E-state index contributed by atoms with van der Waals surface area (Å²) in [6.07, 6.45) is 0.399. The number of amides is 1. The molecule has 0 fully saturated rings. The summed E-state index contributed by atoms with van der Waals surface area (Å²) in [4.78, 5) is 10.9.